The van der Waals surface area contributed by atoms with Crippen LogP contribution in [0.1, 0.15) is 5.56 Å². The standard InChI is InChI=1S/C10H14N4S/c1-8-2-4-9(5-3-8)15-7-6-13-14-10(11)12/h2-6H,7H2,1H3,(H4,11,12,14)/p+1/b13-6-. The summed E-state index contributed by atoms with van der Waals surface area (Å²) in [5.41, 5.74) is 11.5. The predicted octanol–water partition coefficient (Wildman–Crippen LogP) is -0.573. The number of thioether (sulfide) groups is 1. The number of hydrogen-bond acceptors (Lipinski definition) is 2. The quantitative estimate of drug-likeness (QED) is 0.277. The van der Waals surface area contributed by atoms with Gasteiger partial charge in [-0.2, -0.15) is 0 Å². The fraction of sp³-hybridized carbons (Fsp3) is 0.200. The minimum Gasteiger partial charge on any atom is -0.365 e. The predicted molar refractivity (Wildman–Crippen MR) is 64.7 cm³/mol. The van der Waals surface area contributed by atoms with E-state index in [9.17, 15) is 0 Å². The third-order valence-electron chi connectivity index (χ3n) is 1.64. The zero-order chi connectivity index (χ0) is 11.1. The van der Waals surface area contributed by atoms with Crippen LogP contribution in [0.4, 0.5) is 0 Å². The van der Waals surface area contributed by atoms with Crippen molar-refractivity contribution in [2.75, 3.05) is 5.75 Å². The van der Waals surface area contributed by atoms with Gasteiger partial charge in [0.1, 0.15) is 0 Å². The number of rotatable bonds is 4. The first-order valence-corrected chi connectivity index (χ1v) is 5.52. The highest BCUT2D eigenvalue weighted by atomic mass is 32.2. The molecule has 0 atom stereocenters. The number of hydrogen-bond donors (Lipinski definition) is 3. The Balaban J connectivity index is 2.35. The fourth-order valence-electron chi connectivity index (χ4n) is 0.930. The Morgan fingerprint density at radius 2 is 2.07 bits per heavy atom. The minimum absolute atomic E-state index is 0.0339. The molecule has 0 aromatic heterocycles. The summed E-state index contributed by atoms with van der Waals surface area (Å²) in [7, 11) is 0. The maximum Gasteiger partial charge on any atom is 0.256 e. The highest BCUT2D eigenvalue weighted by Gasteiger charge is 1.92. The Hall–Kier alpha value is -1.49. The molecule has 0 radical (unpaired) electrons. The van der Waals surface area contributed by atoms with Gasteiger partial charge in [-0.05, 0) is 19.1 Å². The van der Waals surface area contributed by atoms with Gasteiger partial charge in [-0.15, -0.1) is 16.9 Å². The molecular formula is C10H15N4S+. The normalized spacial score (nSPS) is 10.5. The molecule has 1 rings (SSSR count). The summed E-state index contributed by atoms with van der Waals surface area (Å²) in [6.45, 7) is 2.07. The molecule has 0 aliphatic carbocycles. The molecule has 5 N–H and O–H groups in total. The Labute approximate surface area is 93.5 Å². The molecule has 5 heteroatoms. The lowest BCUT2D eigenvalue weighted by atomic mass is 10.2. The van der Waals surface area contributed by atoms with Crippen molar-refractivity contribution in [3.63, 3.8) is 0 Å². The van der Waals surface area contributed by atoms with Crippen LogP contribution in [0.2, 0.25) is 0 Å². The van der Waals surface area contributed by atoms with Crippen LogP contribution in [0.3, 0.4) is 0 Å². The summed E-state index contributed by atoms with van der Waals surface area (Å²) in [5, 5.41) is 6.28. The average Bonchev–Trinajstić information content (AvgIpc) is 2.20. The molecule has 0 saturated heterocycles. The van der Waals surface area contributed by atoms with Crippen molar-refractivity contribution in [1.29, 1.82) is 0 Å². The topological polar surface area (TPSA) is 78.4 Å². The van der Waals surface area contributed by atoms with Crippen molar-refractivity contribution < 1.29 is 5.10 Å². The zero-order valence-corrected chi connectivity index (χ0v) is 9.42. The number of aryl methyl sites for hydroxylation is 1. The van der Waals surface area contributed by atoms with Gasteiger partial charge in [-0.25, -0.2) is 0 Å². The molecule has 1 aromatic rings. The maximum atomic E-state index is 5.14. The molecule has 0 fully saturated rings. The van der Waals surface area contributed by atoms with Crippen LogP contribution >= 0.6 is 11.8 Å². The second kappa shape index (κ2) is 6.08. The molecule has 1 aromatic carbocycles. The second-order valence-electron chi connectivity index (χ2n) is 2.99. The average molecular weight is 223 g/mol. The van der Waals surface area contributed by atoms with E-state index in [2.05, 4.69) is 41.4 Å². The molecule has 0 spiro atoms. The summed E-state index contributed by atoms with van der Waals surface area (Å²) in [6.07, 6.45) is 1.80. The van der Waals surface area contributed by atoms with Crippen molar-refractivity contribution in [3.8, 4) is 0 Å². The summed E-state index contributed by atoms with van der Waals surface area (Å²) < 4.78 is 0. The number of nitrogens with one attached hydrogen (secondary N) is 1. The molecule has 4 nitrogen and oxygen atoms in total. The van der Waals surface area contributed by atoms with E-state index in [1.807, 2.05) is 0 Å². The summed E-state index contributed by atoms with van der Waals surface area (Å²) in [6, 6.07) is 8.36. The third kappa shape index (κ3) is 5.07. The maximum absolute atomic E-state index is 5.14. The SMILES string of the molecule is Cc1ccc(SC/C=[NH+]\N=C(N)N)cc1. The molecule has 0 heterocycles. The minimum atomic E-state index is 0.0339. The molecule has 0 bridgehead atoms. The number of nitrogens with zero attached hydrogens (tertiary/aromatic N) is 1. The van der Waals surface area contributed by atoms with Crippen LogP contribution in [0, 0.1) is 6.92 Å². The van der Waals surface area contributed by atoms with Crippen molar-refractivity contribution in [1.82, 2.24) is 0 Å². The Kier molecular flexibility index (Phi) is 4.70. The molecule has 80 valence electrons. The number of guanidine groups is 1. The second-order valence-corrected chi connectivity index (χ2v) is 4.09. The highest BCUT2D eigenvalue weighted by molar-refractivity contribution is 7.99. The molecule has 0 aliphatic rings. The third-order valence-corrected chi connectivity index (χ3v) is 2.58. The number of hydrazone groups is 1. The first-order valence-electron chi connectivity index (χ1n) is 4.54. The smallest absolute Gasteiger partial charge is 0.256 e. The molecule has 15 heavy (non-hydrogen) atoms. The lowest BCUT2D eigenvalue weighted by Crippen LogP contribution is -2.64. The first kappa shape index (κ1) is 11.6. The summed E-state index contributed by atoms with van der Waals surface area (Å²) >= 11 is 1.71. The van der Waals surface area contributed by atoms with Crippen molar-refractivity contribution >= 4 is 23.9 Å². The van der Waals surface area contributed by atoms with E-state index < -0.39 is 0 Å². The van der Waals surface area contributed by atoms with Crippen LogP contribution in [-0.2, 0) is 0 Å². The molecule has 0 aliphatic heterocycles. The fourth-order valence-corrected chi connectivity index (χ4v) is 1.61. The van der Waals surface area contributed by atoms with Gasteiger partial charge in [0, 0.05) is 10.00 Å². The van der Waals surface area contributed by atoms with Crippen molar-refractivity contribution in [2.45, 2.75) is 11.8 Å². The lowest BCUT2D eigenvalue weighted by molar-refractivity contribution is -0.457. The van der Waals surface area contributed by atoms with Crippen LogP contribution in [-0.4, -0.2) is 17.9 Å². The van der Waals surface area contributed by atoms with E-state index in [1.54, 1.807) is 18.0 Å². The van der Waals surface area contributed by atoms with Crippen LogP contribution < -0.4 is 16.6 Å². The number of benzene rings is 1. The van der Waals surface area contributed by atoms with Crippen LogP contribution in [0.5, 0.6) is 0 Å². The Morgan fingerprint density at radius 3 is 2.67 bits per heavy atom. The van der Waals surface area contributed by atoms with E-state index in [0.717, 1.165) is 5.75 Å². The first-order chi connectivity index (χ1) is 7.18. The molecule has 0 amide bonds. The monoisotopic (exact) mass is 223 g/mol. The van der Waals surface area contributed by atoms with Gasteiger partial charge in [0.05, 0.1) is 5.75 Å². The summed E-state index contributed by atoms with van der Waals surface area (Å²) in [4.78, 5) is 1.23. The largest absolute Gasteiger partial charge is 0.365 e. The van der Waals surface area contributed by atoms with E-state index in [0.29, 0.717) is 0 Å². The lowest BCUT2D eigenvalue weighted by Gasteiger charge is -1.96. The van der Waals surface area contributed by atoms with Gasteiger partial charge in [0.15, 0.2) is 6.21 Å². The molecule has 0 unspecified atom stereocenters. The van der Waals surface area contributed by atoms with Crippen molar-refractivity contribution in [3.05, 3.63) is 29.8 Å². The molecular weight excluding hydrogens is 208 g/mol. The van der Waals surface area contributed by atoms with E-state index in [1.165, 1.54) is 10.5 Å². The number of nitrogens with two attached hydrogens (primary N) is 2. The van der Waals surface area contributed by atoms with Crippen molar-refractivity contribution in [2.24, 2.45) is 16.6 Å². The van der Waals surface area contributed by atoms with Gasteiger partial charge in [-0.1, -0.05) is 17.7 Å². The van der Waals surface area contributed by atoms with Gasteiger partial charge in [-0.3, -0.25) is 0 Å². The molecule has 0 saturated carbocycles. The summed E-state index contributed by atoms with van der Waals surface area (Å²) in [5.74, 6) is 0.839. The Bertz CT molecular complexity index is 352. The van der Waals surface area contributed by atoms with Crippen LogP contribution in [0.15, 0.2) is 34.3 Å². The van der Waals surface area contributed by atoms with Gasteiger partial charge < -0.3 is 11.5 Å². The highest BCUT2D eigenvalue weighted by Crippen LogP contribution is 2.16. The zero-order valence-electron chi connectivity index (χ0n) is 8.60. The van der Waals surface area contributed by atoms with E-state index in [-0.39, 0.29) is 5.96 Å². The van der Waals surface area contributed by atoms with Gasteiger partial charge >= 0.3 is 0 Å². The van der Waals surface area contributed by atoms with Crippen LogP contribution in [0.25, 0.3) is 0 Å². The van der Waals surface area contributed by atoms with E-state index in [4.69, 9.17) is 11.5 Å². The van der Waals surface area contributed by atoms with Gasteiger partial charge in [0.25, 0.3) is 5.96 Å². The Morgan fingerprint density at radius 1 is 1.40 bits per heavy atom. The van der Waals surface area contributed by atoms with Gasteiger partial charge in [0.2, 0.25) is 0 Å². The van der Waals surface area contributed by atoms with E-state index >= 15 is 0 Å².